The molecule has 0 spiro atoms. The Morgan fingerprint density at radius 1 is 1.31 bits per heavy atom. The highest BCUT2D eigenvalue weighted by atomic mass is 16.5. The van der Waals surface area contributed by atoms with Crippen LogP contribution in [0.2, 0.25) is 0 Å². The minimum Gasteiger partial charge on any atom is -0.465 e. The molecule has 0 aliphatic rings. The second-order valence-electron chi connectivity index (χ2n) is 3.40. The highest BCUT2D eigenvalue weighted by Crippen LogP contribution is 2.13. The minimum absolute atomic E-state index is 0.258. The lowest BCUT2D eigenvalue weighted by atomic mass is 10.0. The average molecular weight is 221 g/mol. The van der Waals surface area contributed by atoms with Crippen LogP contribution in [0.15, 0.2) is 18.2 Å². The van der Waals surface area contributed by atoms with Crippen molar-refractivity contribution in [3.05, 3.63) is 34.9 Å². The Balaban J connectivity index is 3.17. The van der Waals surface area contributed by atoms with E-state index in [1.165, 1.54) is 7.11 Å². The molecule has 1 rings (SSSR count). The third-order valence-electron chi connectivity index (χ3n) is 2.16. The van der Waals surface area contributed by atoms with E-state index in [4.69, 9.17) is 0 Å². The lowest BCUT2D eigenvalue weighted by Gasteiger charge is -2.08. The van der Waals surface area contributed by atoms with E-state index in [0.29, 0.717) is 17.7 Å². The zero-order valence-corrected chi connectivity index (χ0v) is 9.66. The molecule has 1 N–H and O–H groups in total. The first-order chi connectivity index (χ1) is 7.60. The van der Waals surface area contributed by atoms with E-state index in [0.717, 1.165) is 5.56 Å². The maximum Gasteiger partial charge on any atom is 0.338 e. The summed E-state index contributed by atoms with van der Waals surface area (Å²) in [6.07, 6.45) is 0. The van der Waals surface area contributed by atoms with Crippen molar-refractivity contribution in [2.75, 3.05) is 13.7 Å². The van der Waals surface area contributed by atoms with Gasteiger partial charge >= 0.3 is 5.97 Å². The van der Waals surface area contributed by atoms with Crippen molar-refractivity contribution in [3.8, 4) is 0 Å². The second kappa shape index (κ2) is 5.30. The van der Waals surface area contributed by atoms with Crippen molar-refractivity contribution in [2.24, 2.45) is 0 Å². The van der Waals surface area contributed by atoms with Crippen LogP contribution >= 0.6 is 0 Å². The van der Waals surface area contributed by atoms with Gasteiger partial charge in [0.15, 0.2) is 0 Å². The van der Waals surface area contributed by atoms with Gasteiger partial charge in [-0.05, 0) is 26.0 Å². The van der Waals surface area contributed by atoms with E-state index in [1.54, 1.807) is 18.2 Å². The van der Waals surface area contributed by atoms with E-state index in [9.17, 15) is 9.59 Å². The van der Waals surface area contributed by atoms with Gasteiger partial charge in [0.05, 0.1) is 18.2 Å². The standard InChI is InChI=1S/C12H15NO3/c1-4-13-11(14)10-7-8(2)5-6-9(10)12(15)16-3/h5-7H,4H2,1-3H3,(H,13,14). The quantitative estimate of drug-likeness (QED) is 0.787. The Hall–Kier alpha value is -1.84. The molecular formula is C12H15NO3. The van der Waals surface area contributed by atoms with Crippen molar-refractivity contribution >= 4 is 11.9 Å². The summed E-state index contributed by atoms with van der Waals surface area (Å²) in [6, 6.07) is 5.05. The van der Waals surface area contributed by atoms with Crippen LogP contribution < -0.4 is 5.32 Å². The molecule has 0 unspecified atom stereocenters. The van der Waals surface area contributed by atoms with Crippen molar-refractivity contribution in [2.45, 2.75) is 13.8 Å². The van der Waals surface area contributed by atoms with Gasteiger partial charge in [0.25, 0.3) is 5.91 Å². The third-order valence-corrected chi connectivity index (χ3v) is 2.16. The topological polar surface area (TPSA) is 55.4 Å². The summed E-state index contributed by atoms with van der Waals surface area (Å²) in [7, 11) is 1.30. The number of carbonyl (C=O) groups is 2. The number of carbonyl (C=O) groups excluding carboxylic acids is 2. The average Bonchev–Trinajstić information content (AvgIpc) is 2.28. The van der Waals surface area contributed by atoms with Crippen LogP contribution in [0.3, 0.4) is 0 Å². The zero-order valence-electron chi connectivity index (χ0n) is 9.66. The highest BCUT2D eigenvalue weighted by molar-refractivity contribution is 6.05. The Morgan fingerprint density at radius 2 is 2.00 bits per heavy atom. The number of esters is 1. The summed E-state index contributed by atoms with van der Waals surface area (Å²) >= 11 is 0. The van der Waals surface area contributed by atoms with Gasteiger partial charge in [-0.15, -0.1) is 0 Å². The van der Waals surface area contributed by atoms with Gasteiger partial charge in [0, 0.05) is 6.54 Å². The van der Waals surface area contributed by atoms with Crippen LogP contribution in [0.25, 0.3) is 0 Å². The molecule has 1 aromatic rings. The first kappa shape index (κ1) is 12.2. The van der Waals surface area contributed by atoms with Crippen LogP contribution in [0, 0.1) is 6.92 Å². The summed E-state index contributed by atoms with van der Waals surface area (Å²) in [4.78, 5) is 23.2. The largest absolute Gasteiger partial charge is 0.465 e. The van der Waals surface area contributed by atoms with Gasteiger partial charge < -0.3 is 10.1 Å². The van der Waals surface area contributed by atoms with Crippen molar-refractivity contribution in [1.82, 2.24) is 5.32 Å². The zero-order chi connectivity index (χ0) is 12.1. The Bertz CT molecular complexity index is 413. The number of methoxy groups -OCH3 is 1. The van der Waals surface area contributed by atoms with Crippen LogP contribution in [-0.4, -0.2) is 25.5 Å². The monoisotopic (exact) mass is 221 g/mol. The molecule has 4 heteroatoms. The van der Waals surface area contributed by atoms with Crippen LogP contribution in [0.5, 0.6) is 0 Å². The SMILES string of the molecule is CCNC(=O)c1cc(C)ccc1C(=O)OC. The highest BCUT2D eigenvalue weighted by Gasteiger charge is 2.16. The normalized spacial score (nSPS) is 9.69. The Labute approximate surface area is 94.6 Å². The van der Waals surface area contributed by atoms with Gasteiger partial charge in [-0.2, -0.15) is 0 Å². The molecule has 0 aliphatic heterocycles. The molecule has 0 saturated heterocycles. The number of hydrogen-bond acceptors (Lipinski definition) is 3. The molecule has 0 bridgehead atoms. The molecule has 0 saturated carbocycles. The second-order valence-corrected chi connectivity index (χ2v) is 3.40. The van der Waals surface area contributed by atoms with Gasteiger partial charge in [-0.3, -0.25) is 4.79 Å². The molecule has 1 amide bonds. The van der Waals surface area contributed by atoms with E-state index >= 15 is 0 Å². The summed E-state index contributed by atoms with van der Waals surface area (Å²) in [5.74, 6) is -0.757. The van der Waals surface area contributed by atoms with Gasteiger partial charge in [0.2, 0.25) is 0 Å². The molecule has 0 aliphatic carbocycles. The number of hydrogen-bond donors (Lipinski definition) is 1. The fourth-order valence-corrected chi connectivity index (χ4v) is 1.39. The number of ether oxygens (including phenoxy) is 1. The van der Waals surface area contributed by atoms with Crippen molar-refractivity contribution in [1.29, 1.82) is 0 Å². The number of nitrogens with one attached hydrogen (secondary N) is 1. The number of benzene rings is 1. The maximum atomic E-state index is 11.7. The lowest BCUT2D eigenvalue weighted by Crippen LogP contribution is -2.25. The predicted octanol–water partition coefficient (Wildman–Crippen LogP) is 1.53. The van der Waals surface area contributed by atoms with Gasteiger partial charge in [0.1, 0.15) is 0 Å². The van der Waals surface area contributed by atoms with E-state index in [2.05, 4.69) is 10.1 Å². The van der Waals surface area contributed by atoms with E-state index in [1.807, 2.05) is 13.8 Å². The molecule has 0 aromatic heterocycles. The lowest BCUT2D eigenvalue weighted by molar-refractivity contribution is 0.0596. The molecule has 0 radical (unpaired) electrons. The maximum absolute atomic E-state index is 11.7. The molecule has 0 atom stereocenters. The van der Waals surface area contributed by atoms with Gasteiger partial charge in [-0.25, -0.2) is 4.79 Å². The summed E-state index contributed by atoms with van der Waals surface area (Å²) in [6.45, 7) is 4.21. The predicted molar refractivity (Wildman–Crippen MR) is 60.5 cm³/mol. The van der Waals surface area contributed by atoms with Crippen LogP contribution in [0.4, 0.5) is 0 Å². The van der Waals surface area contributed by atoms with Gasteiger partial charge in [-0.1, -0.05) is 11.6 Å². The summed E-state index contributed by atoms with van der Waals surface area (Å²) in [5.41, 5.74) is 1.57. The third kappa shape index (κ3) is 2.59. The van der Waals surface area contributed by atoms with Crippen molar-refractivity contribution < 1.29 is 14.3 Å². The number of amides is 1. The molecule has 4 nitrogen and oxygen atoms in total. The van der Waals surface area contributed by atoms with E-state index in [-0.39, 0.29) is 5.91 Å². The Morgan fingerprint density at radius 3 is 2.56 bits per heavy atom. The van der Waals surface area contributed by atoms with Crippen LogP contribution in [-0.2, 0) is 4.74 Å². The van der Waals surface area contributed by atoms with Crippen molar-refractivity contribution in [3.63, 3.8) is 0 Å². The smallest absolute Gasteiger partial charge is 0.338 e. The fourth-order valence-electron chi connectivity index (χ4n) is 1.39. The first-order valence-corrected chi connectivity index (χ1v) is 5.07. The molecule has 16 heavy (non-hydrogen) atoms. The number of rotatable bonds is 3. The molecule has 86 valence electrons. The Kier molecular flexibility index (Phi) is 4.05. The molecule has 1 aromatic carbocycles. The fraction of sp³-hybridized carbons (Fsp3) is 0.333. The summed E-state index contributed by atoms with van der Waals surface area (Å²) < 4.78 is 4.63. The molecular weight excluding hydrogens is 206 g/mol. The minimum atomic E-state index is -0.499. The summed E-state index contributed by atoms with van der Waals surface area (Å²) in [5, 5.41) is 2.66. The first-order valence-electron chi connectivity index (χ1n) is 5.07. The molecule has 0 heterocycles. The molecule has 0 fully saturated rings. The van der Waals surface area contributed by atoms with Crippen LogP contribution in [0.1, 0.15) is 33.2 Å². The van der Waals surface area contributed by atoms with E-state index < -0.39 is 5.97 Å². The number of aryl methyl sites for hydroxylation is 1.